The van der Waals surface area contributed by atoms with Gasteiger partial charge in [-0.25, -0.2) is 0 Å². The van der Waals surface area contributed by atoms with Gasteiger partial charge in [0, 0.05) is 36.1 Å². The molecule has 0 aliphatic heterocycles. The molecule has 0 bridgehead atoms. The molecule has 0 saturated carbocycles. The molecular weight excluding hydrogens is 216 g/mol. The van der Waals surface area contributed by atoms with Crippen molar-refractivity contribution in [2.75, 3.05) is 12.3 Å². The van der Waals surface area contributed by atoms with Crippen LogP contribution in [0.25, 0.3) is 11.1 Å². The number of aryl methyl sites for hydroxylation is 1. The van der Waals surface area contributed by atoms with Gasteiger partial charge >= 0.3 is 0 Å². The summed E-state index contributed by atoms with van der Waals surface area (Å²) >= 11 is 0. The molecule has 0 unspecified atom stereocenters. The van der Waals surface area contributed by atoms with Crippen LogP contribution in [0, 0.1) is 11.3 Å². The van der Waals surface area contributed by atoms with Crippen molar-refractivity contribution in [3.8, 4) is 22.9 Å². The van der Waals surface area contributed by atoms with Crippen molar-refractivity contribution in [3.05, 3.63) is 30.6 Å². The molecule has 1 aromatic heterocycles. The summed E-state index contributed by atoms with van der Waals surface area (Å²) in [7, 11) is 1.84. The number of nitrogens with two attached hydrogens (primary N) is 1. The number of anilines is 1. The molecule has 0 saturated heterocycles. The smallest absolute Gasteiger partial charge is 0.174 e. The highest BCUT2D eigenvalue weighted by Crippen LogP contribution is 2.31. The van der Waals surface area contributed by atoms with Crippen molar-refractivity contribution in [2.24, 2.45) is 7.05 Å². The summed E-state index contributed by atoms with van der Waals surface area (Å²) in [5, 5.41) is 12.6. The molecule has 5 heteroatoms. The fourth-order valence-electron chi connectivity index (χ4n) is 1.57. The van der Waals surface area contributed by atoms with Crippen molar-refractivity contribution in [1.82, 2.24) is 9.78 Å². The van der Waals surface area contributed by atoms with Gasteiger partial charge in [0.1, 0.15) is 11.8 Å². The minimum Gasteiger partial charge on any atom is -0.478 e. The summed E-state index contributed by atoms with van der Waals surface area (Å²) < 4.78 is 7.06. The standard InChI is InChI=1S/C12H12N4O/c1-16-8-9(7-15-16)11-3-2-10(14)6-12(11)17-5-4-13/h2-3,6-8H,5,14H2,1H3. The van der Waals surface area contributed by atoms with E-state index in [4.69, 9.17) is 15.7 Å². The van der Waals surface area contributed by atoms with Crippen LogP contribution in [0.5, 0.6) is 5.75 Å². The first kappa shape index (κ1) is 11.0. The summed E-state index contributed by atoms with van der Waals surface area (Å²) in [5.74, 6) is 0.597. The van der Waals surface area contributed by atoms with Crippen LogP contribution >= 0.6 is 0 Å². The molecule has 2 rings (SSSR count). The zero-order valence-electron chi connectivity index (χ0n) is 9.42. The Labute approximate surface area is 99.0 Å². The van der Waals surface area contributed by atoms with E-state index in [0.29, 0.717) is 11.4 Å². The van der Waals surface area contributed by atoms with Gasteiger partial charge in [-0.2, -0.15) is 10.4 Å². The molecule has 0 amide bonds. The third-order valence-electron chi connectivity index (χ3n) is 2.31. The molecule has 1 aromatic carbocycles. The minimum atomic E-state index is -0.00326. The number of rotatable bonds is 3. The summed E-state index contributed by atoms with van der Waals surface area (Å²) in [6.45, 7) is -0.00326. The van der Waals surface area contributed by atoms with E-state index >= 15 is 0 Å². The number of nitrogens with zero attached hydrogens (tertiary/aromatic N) is 3. The van der Waals surface area contributed by atoms with Gasteiger partial charge < -0.3 is 10.5 Å². The van der Waals surface area contributed by atoms with Crippen LogP contribution in [0.2, 0.25) is 0 Å². The van der Waals surface area contributed by atoms with Crippen LogP contribution < -0.4 is 10.5 Å². The van der Waals surface area contributed by atoms with E-state index in [1.807, 2.05) is 25.4 Å². The van der Waals surface area contributed by atoms with Crippen molar-refractivity contribution in [1.29, 1.82) is 5.26 Å². The average Bonchev–Trinajstić information content (AvgIpc) is 2.73. The fourth-order valence-corrected chi connectivity index (χ4v) is 1.57. The van der Waals surface area contributed by atoms with Gasteiger partial charge in [0.15, 0.2) is 6.61 Å². The Kier molecular flexibility index (Phi) is 2.97. The number of nitriles is 1. The van der Waals surface area contributed by atoms with Crippen molar-refractivity contribution < 1.29 is 4.74 Å². The zero-order chi connectivity index (χ0) is 12.3. The van der Waals surface area contributed by atoms with Gasteiger partial charge in [0.05, 0.1) is 6.20 Å². The topological polar surface area (TPSA) is 76.9 Å². The normalized spacial score (nSPS) is 9.88. The molecule has 2 N–H and O–H groups in total. The molecule has 5 nitrogen and oxygen atoms in total. The third-order valence-corrected chi connectivity index (χ3v) is 2.31. The van der Waals surface area contributed by atoms with Gasteiger partial charge in [-0.15, -0.1) is 0 Å². The van der Waals surface area contributed by atoms with Gasteiger partial charge in [-0.1, -0.05) is 0 Å². The highest BCUT2D eigenvalue weighted by molar-refractivity contribution is 5.72. The van der Waals surface area contributed by atoms with Crippen LogP contribution in [-0.4, -0.2) is 16.4 Å². The lowest BCUT2D eigenvalue weighted by Gasteiger charge is -2.08. The van der Waals surface area contributed by atoms with E-state index in [2.05, 4.69) is 5.10 Å². The Balaban J connectivity index is 2.42. The van der Waals surface area contributed by atoms with E-state index < -0.39 is 0 Å². The Morgan fingerprint density at radius 2 is 2.35 bits per heavy atom. The maximum absolute atomic E-state index is 8.54. The molecule has 0 aliphatic carbocycles. The molecule has 2 aromatic rings. The molecule has 0 radical (unpaired) electrons. The van der Waals surface area contributed by atoms with Crippen LogP contribution in [0.3, 0.4) is 0 Å². The van der Waals surface area contributed by atoms with Gasteiger partial charge in [0.25, 0.3) is 0 Å². The Morgan fingerprint density at radius 1 is 1.53 bits per heavy atom. The molecule has 0 fully saturated rings. The number of ether oxygens (including phenoxy) is 1. The van der Waals surface area contributed by atoms with Crippen LogP contribution in [-0.2, 0) is 7.05 Å². The van der Waals surface area contributed by atoms with Gasteiger partial charge in [-0.3, -0.25) is 4.68 Å². The third kappa shape index (κ3) is 2.37. The second-order valence-corrected chi connectivity index (χ2v) is 3.61. The number of hydrogen-bond acceptors (Lipinski definition) is 4. The Morgan fingerprint density at radius 3 is 3.00 bits per heavy atom. The zero-order valence-corrected chi connectivity index (χ0v) is 9.42. The maximum Gasteiger partial charge on any atom is 0.174 e. The molecule has 0 spiro atoms. The molecule has 17 heavy (non-hydrogen) atoms. The molecule has 86 valence electrons. The predicted molar refractivity (Wildman–Crippen MR) is 64.2 cm³/mol. The lowest BCUT2D eigenvalue weighted by Crippen LogP contribution is -1.97. The monoisotopic (exact) mass is 228 g/mol. The van der Waals surface area contributed by atoms with E-state index in [9.17, 15) is 0 Å². The van der Waals surface area contributed by atoms with Crippen LogP contribution in [0.1, 0.15) is 0 Å². The van der Waals surface area contributed by atoms with Crippen molar-refractivity contribution in [3.63, 3.8) is 0 Å². The summed E-state index contributed by atoms with van der Waals surface area (Å²) in [5.41, 5.74) is 8.11. The molecule has 1 heterocycles. The largest absolute Gasteiger partial charge is 0.478 e. The second kappa shape index (κ2) is 4.58. The predicted octanol–water partition coefficient (Wildman–Crippen LogP) is 1.57. The quantitative estimate of drug-likeness (QED) is 0.809. The molecular formula is C12H12N4O. The van der Waals surface area contributed by atoms with Crippen molar-refractivity contribution >= 4 is 5.69 Å². The summed E-state index contributed by atoms with van der Waals surface area (Å²) in [6, 6.07) is 7.30. The maximum atomic E-state index is 8.54. The minimum absolute atomic E-state index is 0.00326. The van der Waals surface area contributed by atoms with E-state index in [-0.39, 0.29) is 6.61 Å². The Bertz CT molecular complexity index is 568. The lowest BCUT2D eigenvalue weighted by molar-refractivity contribution is 0.370. The molecule has 0 aliphatic rings. The number of benzene rings is 1. The van der Waals surface area contributed by atoms with Gasteiger partial charge in [0.2, 0.25) is 0 Å². The van der Waals surface area contributed by atoms with Crippen LogP contribution in [0.4, 0.5) is 5.69 Å². The number of aromatic nitrogens is 2. The van der Waals surface area contributed by atoms with E-state index in [1.165, 1.54) is 0 Å². The number of nitrogen functional groups attached to an aromatic ring is 1. The highest BCUT2D eigenvalue weighted by Gasteiger charge is 2.08. The molecule has 0 atom stereocenters. The SMILES string of the molecule is Cn1cc(-c2ccc(N)cc2OCC#N)cn1. The summed E-state index contributed by atoms with van der Waals surface area (Å²) in [4.78, 5) is 0. The van der Waals surface area contributed by atoms with Gasteiger partial charge in [-0.05, 0) is 12.1 Å². The van der Waals surface area contributed by atoms with Crippen molar-refractivity contribution in [2.45, 2.75) is 0 Å². The van der Waals surface area contributed by atoms with E-state index in [1.54, 1.807) is 23.0 Å². The lowest BCUT2D eigenvalue weighted by atomic mass is 10.1. The summed E-state index contributed by atoms with van der Waals surface area (Å²) in [6.07, 6.45) is 3.62. The first-order chi connectivity index (χ1) is 8.20. The number of hydrogen-bond donors (Lipinski definition) is 1. The first-order valence-corrected chi connectivity index (χ1v) is 5.09. The fraction of sp³-hybridized carbons (Fsp3) is 0.167. The highest BCUT2D eigenvalue weighted by atomic mass is 16.5. The second-order valence-electron chi connectivity index (χ2n) is 3.61. The van der Waals surface area contributed by atoms with Crippen LogP contribution in [0.15, 0.2) is 30.6 Å². The first-order valence-electron chi connectivity index (χ1n) is 5.09. The average molecular weight is 228 g/mol. The van der Waals surface area contributed by atoms with E-state index in [0.717, 1.165) is 11.1 Å². The Hall–Kier alpha value is -2.48.